The molecule has 0 amide bonds. The van der Waals surface area contributed by atoms with Gasteiger partial charge in [0.2, 0.25) is 0 Å². The molecule has 0 aliphatic carbocycles. The molecule has 2 N–H and O–H groups in total. The summed E-state index contributed by atoms with van der Waals surface area (Å²) in [6.45, 7) is 4.29. The van der Waals surface area contributed by atoms with E-state index in [1.165, 1.54) is 22.3 Å². The van der Waals surface area contributed by atoms with Crippen LogP contribution in [0.1, 0.15) is 22.3 Å². The number of thioether (sulfide) groups is 1. The monoisotopic (exact) mass is 258 g/mol. The van der Waals surface area contributed by atoms with Crippen LogP contribution in [0.25, 0.3) is 0 Å². The number of nitrogen functional groups attached to an aromatic ring is 1. The Morgan fingerprint density at radius 2 is 1.67 bits per heavy atom. The van der Waals surface area contributed by atoms with Crippen molar-refractivity contribution in [2.24, 2.45) is 0 Å². The predicted octanol–water partition coefficient (Wildman–Crippen LogP) is 3.71. The summed E-state index contributed by atoms with van der Waals surface area (Å²) in [6, 6.07) is 10.7. The molecule has 2 nitrogen and oxygen atoms in total. The van der Waals surface area contributed by atoms with Gasteiger partial charge in [-0.1, -0.05) is 29.3 Å². The van der Waals surface area contributed by atoms with Gasteiger partial charge in [0.1, 0.15) is 5.82 Å². The molecule has 0 saturated carbocycles. The molecular weight excluding hydrogens is 240 g/mol. The van der Waals surface area contributed by atoms with Crippen LogP contribution in [0, 0.1) is 13.8 Å². The highest BCUT2D eigenvalue weighted by atomic mass is 32.2. The lowest BCUT2D eigenvalue weighted by atomic mass is 10.1. The third-order valence-corrected chi connectivity index (χ3v) is 3.74. The summed E-state index contributed by atoms with van der Waals surface area (Å²) in [6.07, 6.45) is 1.77. The van der Waals surface area contributed by atoms with Crippen LogP contribution < -0.4 is 5.73 Å². The van der Waals surface area contributed by atoms with Gasteiger partial charge in [-0.25, -0.2) is 4.98 Å². The van der Waals surface area contributed by atoms with Crippen molar-refractivity contribution in [3.63, 3.8) is 0 Å². The lowest BCUT2D eigenvalue weighted by molar-refractivity contribution is 1.27. The standard InChI is InChI=1S/C15H18N2S/c1-11-5-12(2)7-14(6-11)10-18-9-13-3-4-17-15(16)8-13/h3-8H,9-10H2,1-2H3,(H2,16,17). The number of hydrogen-bond donors (Lipinski definition) is 1. The summed E-state index contributed by atoms with van der Waals surface area (Å²) in [7, 11) is 0. The molecular formula is C15H18N2S. The summed E-state index contributed by atoms with van der Waals surface area (Å²) in [4.78, 5) is 4.00. The number of benzene rings is 1. The molecule has 0 aliphatic heterocycles. The van der Waals surface area contributed by atoms with Gasteiger partial charge in [-0.15, -0.1) is 0 Å². The molecule has 0 radical (unpaired) electrons. The topological polar surface area (TPSA) is 38.9 Å². The largest absolute Gasteiger partial charge is 0.384 e. The van der Waals surface area contributed by atoms with Gasteiger partial charge in [-0.2, -0.15) is 11.8 Å². The van der Waals surface area contributed by atoms with E-state index in [0.29, 0.717) is 5.82 Å². The predicted molar refractivity (Wildman–Crippen MR) is 79.6 cm³/mol. The van der Waals surface area contributed by atoms with Crippen molar-refractivity contribution in [1.82, 2.24) is 4.98 Å². The lowest BCUT2D eigenvalue weighted by Gasteiger charge is -2.05. The number of hydrogen-bond acceptors (Lipinski definition) is 3. The van der Waals surface area contributed by atoms with Gasteiger partial charge in [0, 0.05) is 17.7 Å². The van der Waals surface area contributed by atoms with E-state index in [0.717, 1.165) is 11.5 Å². The normalized spacial score (nSPS) is 10.6. The average molecular weight is 258 g/mol. The van der Waals surface area contributed by atoms with Crippen LogP contribution in [0.15, 0.2) is 36.5 Å². The molecule has 94 valence electrons. The third-order valence-electron chi connectivity index (χ3n) is 2.66. The average Bonchev–Trinajstić information content (AvgIpc) is 2.27. The van der Waals surface area contributed by atoms with Gasteiger partial charge in [-0.3, -0.25) is 0 Å². The number of rotatable bonds is 4. The Morgan fingerprint density at radius 3 is 2.33 bits per heavy atom. The Labute approximate surface area is 113 Å². The molecule has 0 fully saturated rings. The van der Waals surface area contributed by atoms with Gasteiger partial charge >= 0.3 is 0 Å². The van der Waals surface area contributed by atoms with E-state index < -0.39 is 0 Å². The Kier molecular flexibility index (Phi) is 4.26. The number of anilines is 1. The summed E-state index contributed by atoms with van der Waals surface area (Å²) >= 11 is 1.90. The highest BCUT2D eigenvalue weighted by Gasteiger charge is 1.99. The zero-order valence-electron chi connectivity index (χ0n) is 10.8. The minimum absolute atomic E-state index is 0.597. The van der Waals surface area contributed by atoms with Crippen LogP contribution in [0.3, 0.4) is 0 Å². The Hall–Kier alpha value is -1.48. The molecule has 1 aromatic carbocycles. The molecule has 0 atom stereocenters. The maximum Gasteiger partial charge on any atom is 0.123 e. The fourth-order valence-corrected chi connectivity index (χ4v) is 2.94. The van der Waals surface area contributed by atoms with Crippen LogP contribution >= 0.6 is 11.8 Å². The molecule has 2 rings (SSSR count). The van der Waals surface area contributed by atoms with E-state index in [4.69, 9.17) is 5.73 Å². The van der Waals surface area contributed by atoms with Crippen molar-refractivity contribution >= 4 is 17.6 Å². The molecule has 3 heteroatoms. The number of nitrogens with zero attached hydrogens (tertiary/aromatic N) is 1. The Morgan fingerprint density at radius 1 is 1.00 bits per heavy atom. The van der Waals surface area contributed by atoms with E-state index in [2.05, 4.69) is 37.0 Å². The number of pyridine rings is 1. The van der Waals surface area contributed by atoms with Crippen LogP contribution in [0.4, 0.5) is 5.82 Å². The zero-order chi connectivity index (χ0) is 13.0. The van der Waals surface area contributed by atoms with Crippen molar-refractivity contribution in [2.45, 2.75) is 25.4 Å². The smallest absolute Gasteiger partial charge is 0.123 e. The number of aromatic nitrogens is 1. The Balaban J connectivity index is 1.92. The van der Waals surface area contributed by atoms with Crippen LogP contribution in [0.5, 0.6) is 0 Å². The second-order valence-electron chi connectivity index (χ2n) is 4.58. The van der Waals surface area contributed by atoms with Crippen molar-refractivity contribution in [3.05, 3.63) is 58.8 Å². The molecule has 0 saturated heterocycles. The van der Waals surface area contributed by atoms with Gasteiger partial charge in [-0.05, 0) is 37.1 Å². The van der Waals surface area contributed by atoms with E-state index >= 15 is 0 Å². The van der Waals surface area contributed by atoms with Gasteiger partial charge in [0.25, 0.3) is 0 Å². The molecule has 1 heterocycles. The number of nitrogens with two attached hydrogens (primary N) is 1. The molecule has 0 spiro atoms. The molecule has 0 aliphatic rings. The third kappa shape index (κ3) is 3.77. The van der Waals surface area contributed by atoms with Crippen molar-refractivity contribution in [1.29, 1.82) is 0 Å². The minimum atomic E-state index is 0.597. The quantitative estimate of drug-likeness (QED) is 0.908. The molecule has 2 aromatic rings. The molecule has 0 bridgehead atoms. The maximum atomic E-state index is 5.66. The van der Waals surface area contributed by atoms with E-state index in [1.54, 1.807) is 6.20 Å². The van der Waals surface area contributed by atoms with Gasteiger partial charge in [0.15, 0.2) is 0 Å². The van der Waals surface area contributed by atoms with E-state index in [1.807, 2.05) is 23.9 Å². The first kappa shape index (κ1) is 13.0. The van der Waals surface area contributed by atoms with Crippen molar-refractivity contribution < 1.29 is 0 Å². The summed E-state index contributed by atoms with van der Waals surface area (Å²) in [5, 5.41) is 0. The van der Waals surface area contributed by atoms with Crippen molar-refractivity contribution in [3.8, 4) is 0 Å². The first-order valence-electron chi connectivity index (χ1n) is 5.99. The van der Waals surface area contributed by atoms with Crippen LogP contribution in [-0.4, -0.2) is 4.98 Å². The van der Waals surface area contributed by atoms with Crippen LogP contribution in [0.2, 0.25) is 0 Å². The van der Waals surface area contributed by atoms with E-state index in [-0.39, 0.29) is 0 Å². The molecule has 18 heavy (non-hydrogen) atoms. The van der Waals surface area contributed by atoms with Crippen molar-refractivity contribution in [2.75, 3.05) is 5.73 Å². The van der Waals surface area contributed by atoms with Crippen LogP contribution in [-0.2, 0) is 11.5 Å². The summed E-state index contributed by atoms with van der Waals surface area (Å²) in [5.41, 5.74) is 10.9. The fourth-order valence-electron chi connectivity index (χ4n) is 2.02. The second kappa shape index (κ2) is 5.91. The first-order valence-corrected chi connectivity index (χ1v) is 7.14. The zero-order valence-corrected chi connectivity index (χ0v) is 11.6. The maximum absolute atomic E-state index is 5.66. The van der Waals surface area contributed by atoms with Gasteiger partial charge < -0.3 is 5.73 Å². The highest BCUT2D eigenvalue weighted by molar-refractivity contribution is 7.97. The lowest BCUT2D eigenvalue weighted by Crippen LogP contribution is -1.91. The van der Waals surface area contributed by atoms with Gasteiger partial charge in [0.05, 0.1) is 0 Å². The second-order valence-corrected chi connectivity index (χ2v) is 5.56. The first-order chi connectivity index (χ1) is 8.63. The van der Waals surface area contributed by atoms with E-state index in [9.17, 15) is 0 Å². The summed E-state index contributed by atoms with van der Waals surface area (Å²) in [5.74, 6) is 2.60. The fraction of sp³-hybridized carbons (Fsp3) is 0.267. The SMILES string of the molecule is Cc1cc(C)cc(CSCc2ccnc(N)c2)c1. The number of aryl methyl sites for hydroxylation is 2. The minimum Gasteiger partial charge on any atom is -0.384 e. The molecule has 0 unspecified atom stereocenters. The highest BCUT2D eigenvalue weighted by Crippen LogP contribution is 2.20. The Bertz CT molecular complexity index is 518. The summed E-state index contributed by atoms with van der Waals surface area (Å²) < 4.78 is 0. The molecule has 1 aromatic heterocycles.